The molecule has 4 saturated carbocycles. The molecule has 0 heterocycles. The molecule has 4 bridgehead atoms. The predicted octanol–water partition coefficient (Wildman–Crippen LogP) is 3.00. The minimum Gasteiger partial charge on any atom is -1.00 e. The van der Waals surface area contributed by atoms with Crippen LogP contribution in [0.25, 0.3) is 11.1 Å². The summed E-state index contributed by atoms with van der Waals surface area (Å²) in [7, 11) is 0. The van der Waals surface area contributed by atoms with Crippen LogP contribution in [-0.4, -0.2) is 0 Å². The number of halogens is 2. The van der Waals surface area contributed by atoms with Gasteiger partial charge in [-0.05, 0) is 0 Å². The number of hydrogen-bond acceptors (Lipinski definition) is 0. The Bertz CT molecular complexity index is 1310. The quantitative estimate of drug-likeness (QED) is 0.414. The number of hydrogen-bond donors (Lipinski definition) is 0. The second-order valence-electron chi connectivity index (χ2n) is 15.4. The van der Waals surface area contributed by atoms with Gasteiger partial charge in [-0.25, -0.2) is 0 Å². The van der Waals surface area contributed by atoms with Crippen molar-refractivity contribution >= 4 is 3.27 Å². The molecule has 39 heavy (non-hydrogen) atoms. The van der Waals surface area contributed by atoms with Gasteiger partial charge in [0.15, 0.2) is 0 Å². The minimum absolute atomic E-state index is 0. The molecule has 2 aromatic carbocycles. The van der Waals surface area contributed by atoms with Gasteiger partial charge in [-0.3, -0.25) is 0 Å². The number of rotatable bonds is 3. The molecule has 6 aliphatic carbocycles. The summed E-state index contributed by atoms with van der Waals surface area (Å²) in [5.41, 5.74) is 12.1. The van der Waals surface area contributed by atoms with Crippen molar-refractivity contribution in [1.29, 1.82) is 0 Å². The predicted molar refractivity (Wildman–Crippen MR) is 153 cm³/mol. The summed E-state index contributed by atoms with van der Waals surface area (Å²) in [6.07, 6.45) is 17.0. The van der Waals surface area contributed by atoms with E-state index < -0.39 is 23.2 Å². The van der Waals surface area contributed by atoms with Crippen molar-refractivity contribution in [1.82, 2.24) is 0 Å². The molecule has 0 N–H and O–H groups in total. The van der Waals surface area contributed by atoms with E-state index in [4.69, 9.17) is 0 Å². The Labute approximate surface area is 261 Å². The van der Waals surface area contributed by atoms with E-state index in [-0.39, 0.29) is 35.6 Å². The summed E-state index contributed by atoms with van der Waals surface area (Å²) in [4.78, 5) is 0. The normalized spacial score (nSPS) is 28.1. The van der Waals surface area contributed by atoms with Gasteiger partial charge in [0.1, 0.15) is 0 Å². The summed E-state index contributed by atoms with van der Waals surface area (Å²) in [6.45, 7) is 14.3. The van der Waals surface area contributed by atoms with E-state index in [1.165, 1.54) is 42.4 Å². The molecule has 2 aromatic rings. The monoisotopic (exact) mass is 636 g/mol. The van der Waals surface area contributed by atoms with Crippen LogP contribution >= 0.6 is 0 Å². The first kappa shape index (κ1) is 29.9. The molecule has 206 valence electrons. The summed E-state index contributed by atoms with van der Waals surface area (Å²) >= 11 is -0.872. The number of fused-ring (bicyclic) bond motifs is 3. The maximum Gasteiger partial charge on any atom is -1.00 e. The molecule has 0 atom stereocenters. The molecule has 0 amide bonds. The second kappa shape index (κ2) is 10.3. The summed E-state index contributed by atoms with van der Waals surface area (Å²) in [6, 6.07) is 12.3. The van der Waals surface area contributed by atoms with Gasteiger partial charge in [-0.15, -0.1) is 0 Å². The third kappa shape index (κ3) is 5.14. The molecule has 0 aromatic heterocycles. The third-order valence-corrected chi connectivity index (χ3v) is 14.2. The van der Waals surface area contributed by atoms with Gasteiger partial charge in [0.05, 0.1) is 0 Å². The number of allylic oxidation sites excluding steroid dienone is 4. The Hall–Kier alpha value is -0.617. The Morgan fingerprint density at radius 2 is 1.38 bits per heavy atom. The largest absolute Gasteiger partial charge is 1.00 e. The van der Waals surface area contributed by atoms with E-state index in [0.29, 0.717) is 5.41 Å². The fraction of sp³-hybridized carbons (Fsp3) is 0.556. The van der Waals surface area contributed by atoms with Crippen molar-refractivity contribution in [2.24, 2.45) is 23.2 Å². The van der Waals surface area contributed by atoms with Crippen LogP contribution in [0.4, 0.5) is 0 Å². The van der Waals surface area contributed by atoms with Gasteiger partial charge in [-0.2, -0.15) is 0 Å². The zero-order valence-corrected chi connectivity index (χ0v) is 28.7. The van der Waals surface area contributed by atoms with Crippen LogP contribution in [0.3, 0.4) is 0 Å². The molecule has 6 aliphatic rings. The summed E-state index contributed by atoms with van der Waals surface area (Å²) in [5, 5.41) is 0. The molecule has 4 fully saturated rings. The van der Waals surface area contributed by atoms with Crippen molar-refractivity contribution in [2.75, 3.05) is 0 Å². The average molecular weight is 639 g/mol. The maximum atomic E-state index is 2.77. The summed E-state index contributed by atoms with van der Waals surface area (Å²) in [5.74, 6) is 3.10. The molecule has 3 heteroatoms. The van der Waals surface area contributed by atoms with Crippen LogP contribution < -0.4 is 28.1 Å². The summed E-state index contributed by atoms with van der Waals surface area (Å²) < 4.78 is 3.63. The van der Waals surface area contributed by atoms with Gasteiger partial charge >= 0.3 is 238 Å². The molecule has 0 radical (unpaired) electrons. The fourth-order valence-corrected chi connectivity index (χ4v) is 13.3. The first-order valence-corrected chi connectivity index (χ1v) is 17.4. The Kier molecular flexibility index (Phi) is 7.87. The van der Waals surface area contributed by atoms with Crippen molar-refractivity contribution in [2.45, 2.75) is 104 Å². The van der Waals surface area contributed by atoms with E-state index in [0.717, 1.165) is 24.2 Å². The van der Waals surface area contributed by atoms with Crippen molar-refractivity contribution in [3.05, 3.63) is 73.6 Å². The van der Waals surface area contributed by atoms with E-state index in [1.807, 2.05) is 3.28 Å². The van der Waals surface area contributed by atoms with Gasteiger partial charge in [-0.1, -0.05) is 0 Å². The Morgan fingerprint density at radius 3 is 1.97 bits per heavy atom. The Morgan fingerprint density at radius 1 is 0.769 bits per heavy atom. The zero-order chi connectivity index (χ0) is 25.7. The molecular weight excluding hydrogens is 595 g/mol. The first-order chi connectivity index (χ1) is 17.5. The molecule has 0 nitrogen and oxygen atoms in total. The molecule has 8 rings (SSSR count). The number of benzene rings is 2. The average Bonchev–Trinajstić information content (AvgIpc) is 3.42. The zero-order valence-electron chi connectivity index (χ0n) is 24.7. The Balaban J connectivity index is 0.00000154. The van der Waals surface area contributed by atoms with E-state index in [2.05, 4.69) is 84.0 Å². The molecule has 0 aliphatic heterocycles. The van der Waals surface area contributed by atoms with Crippen LogP contribution in [-0.2, 0) is 40.5 Å². The third-order valence-electron chi connectivity index (χ3n) is 10.6. The first-order valence-electron chi connectivity index (χ1n) is 15.0. The van der Waals surface area contributed by atoms with Gasteiger partial charge in [0.2, 0.25) is 0 Å². The van der Waals surface area contributed by atoms with Crippen molar-refractivity contribution < 1.29 is 48.0 Å². The minimum atomic E-state index is -0.872. The maximum absolute atomic E-state index is 2.77. The van der Waals surface area contributed by atoms with Crippen molar-refractivity contribution in [3.63, 3.8) is 0 Å². The van der Waals surface area contributed by atoms with Crippen LogP contribution in [0.15, 0.2) is 51.3 Å². The van der Waals surface area contributed by atoms with Crippen LogP contribution in [0.1, 0.15) is 109 Å². The molecular formula is C36H44Cl2Zr. The molecule has 0 unspecified atom stereocenters. The standard InChI is InChI=1S/C21H25.C15H19.2ClH.Zr/c1-20(2,3)16-7-9-18-14(12-16)11-15-13-17(21(4,5)6)8-10-19(15)18;1-2-4-14(3-1)15-8-11-5-12(9-15)7-13(6-11)10-15;;;/h7-10,12H,11H2,1-6H3;3-4,11-13H,1,5-10H2;2*1H;/q;;;;+2/p-2. The van der Waals surface area contributed by atoms with Crippen molar-refractivity contribution in [3.8, 4) is 11.1 Å². The van der Waals surface area contributed by atoms with Gasteiger partial charge < -0.3 is 24.8 Å². The topological polar surface area (TPSA) is 0 Å². The van der Waals surface area contributed by atoms with Crippen LogP contribution in [0, 0.1) is 23.2 Å². The fourth-order valence-electron chi connectivity index (χ4n) is 9.12. The second-order valence-corrected chi connectivity index (χ2v) is 18.8. The van der Waals surface area contributed by atoms with E-state index >= 15 is 0 Å². The van der Waals surface area contributed by atoms with Gasteiger partial charge in [0.25, 0.3) is 0 Å². The SMILES string of the molecule is CC(C)(C)c1ccc2c(c1)Cc1c-2ccc(C(C)(C)C)[c]1[Zr+2][C]1=CC(C23CC4CC(CC(C4)C2)C3)=CC1.[Cl-].[Cl-]. The van der Waals surface area contributed by atoms with E-state index in [9.17, 15) is 0 Å². The van der Waals surface area contributed by atoms with E-state index in [1.54, 1.807) is 44.8 Å². The smallest absolute Gasteiger partial charge is 1.00 e. The van der Waals surface area contributed by atoms with Crippen LogP contribution in [0.2, 0.25) is 0 Å². The molecule has 0 spiro atoms. The van der Waals surface area contributed by atoms with Gasteiger partial charge in [0, 0.05) is 0 Å². The van der Waals surface area contributed by atoms with Crippen LogP contribution in [0.5, 0.6) is 0 Å². The molecule has 0 saturated heterocycles.